The minimum atomic E-state index is -0.564. The van der Waals surface area contributed by atoms with Gasteiger partial charge in [-0.3, -0.25) is 14.2 Å². The van der Waals surface area contributed by atoms with Crippen molar-refractivity contribution in [3.05, 3.63) is 74.0 Å². The van der Waals surface area contributed by atoms with Crippen LogP contribution in [-0.4, -0.2) is 15.5 Å². The molecule has 0 aliphatic carbocycles. The Kier molecular flexibility index (Phi) is 5.68. The SMILES string of the molecule is O=C(CCn1cnc2ccc(Br)cc2c1=O)OCc1c(F)cccc1Cl. The predicted octanol–water partition coefficient (Wildman–Crippen LogP) is 4.09. The molecule has 26 heavy (non-hydrogen) atoms. The molecule has 134 valence electrons. The highest BCUT2D eigenvalue weighted by molar-refractivity contribution is 9.10. The lowest BCUT2D eigenvalue weighted by atomic mass is 10.2. The summed E-state index contributed by atoms with van der Waals surface area (Å²) >= 11 is 9.20. The number of fused-ring (bicyclic) bond motifs is 1. The molecule has 0 fully saturated rings. The Balaban J connectivity index is 1.65. The first-order valence-corrected chi connectivity index (χ1v) is 8.86. The zero-order valence-electron chi connectivity index (χ0n) is 13.4. The molecule has 2 aromatic carbocycles. The van der Waals surface area contributed by atoms with E-state index >= 15 is 0 Å². The third kappa shape index (κ3) is 4.11. The number of halogens is 3. The van der Waals surface area contributed by atoms with Crippen molar-refractivity contribution < 1.29 is 13.9 Å². The van der Waals surface area contributed by atoms with Crippen molar-refractivity contribution in [1.29, 1.82) is 0 Å². The number of esters is 1. The number of hydrogen-bond donors (Lipinski definition) is 0. The van der Waals surface area contributed by atoms with Gasteiger partial charge in [0, 0.05) is 16.6 Å². The van der Waals surface area contributed by atoms with E-state index in [-0.39, 0.29) is 35.7 Å². The van der Waals surface area contributed by atoms with Crippen molar-refractivity contribution in [1.82, 2.24) is 9.55 Å². The molecule has 0 N–H and O–H groups in total. The van der Waals surface area contributed by atoms with Gasteiger partial charge in [0.25, 0.3) is 5.56 Å². The molecule has 0 saturated carbocycles. The molecule has 5 nitrogen and oxygen atoms in total. The van der Waals surface area contributed by atoms with Crippen LogP contribution in [0.5, 0.6) is 0 Å². The third-order valence-corrected chi connectivity index (χ3v) is 4.63. The maximum atomic E-state index is 13.7. The smallest absolute Gasteiger partial charge is 0.307 e. The summed E-state index contributed by atoms with van der Waals surface area (Å²) in [5.41, 5.74) is 0.448. The summed E-state index contributed by atoms with van der Waals surface area (Å²) in [6.45, 7) is -0.153. The van der Waals surface area contributed by atoms with Crippen molar-refractivity contribution >= 4 is 44.4 Å². The third-order valence-electron chi connectivity index (χ3n) is 3.78. The predicted molar refractivity (Wildman–Crippen MR) is 99.5 cm³/mol. The van der Waals surface area contributed by atoms with Crippen LogP contribution in [0, 0.1) is 5.82 Å². The van der Waals surface area contributed by atoms with Gasteiger partial charge in [-0.2, -0.15) is 0 Å². The molecule has 0 spiro atoms. The molecule has 8 heteroatoms. The quantitative estimate of drug-likeness (QED) is 0.562. The van der Waals surface area contributed by atoms with Gasteiger partial charge in [0.15, 0.2) is 0 Å². The Hall–Kier alpha value is -2.25. The van der Waals surface area contributed by atoms with E-state index < -0.39 is 11.8 Å². The van der Waals surface area contributed by atoms with Gasteiger partial charge in [-0.1, -0.05) is 33.6 Å². The van der Waals surface area contributed by atoms with Gasteiger partial charge < -0.3 is 4.74 Å². The number of ether oxygens (including phenoxy) is 1. The van der Waals surface area contributed by atoms with Crippen LogP contribution >= 0.6 is 27.5 Å². The van der Waals surface area contributed by atoms with Crippen LogP contribution < -0.4 is 5.56 Å². The first kappa shape index (κ1) is 18.5. The van der Waals surface area contributed by atoms with Crippen LogP contribution in [0.2, 0.25) is 5.02 Å². The molecule has 0 unspecified atom stereocenters. The lowest BCUT2D eigenvalue weighted by Gasteiger charge is -2.09. The molecule has 0 radical (unpaired) electrons. The highest BCUT2D eigenvalue weighted by Gasteiger charge is 2.11. The number of hydrogen-bond acceptors (Lipinski definition) is 4. The molecule has 0 bridgehead atoms. The molecule has 3 aromatic rings. The zero-order chi connectivity index (χ0) is 18.7. The molecule has 0 atom stereocenters. The Morgan fingerprint density at radius 3 is 2.88 bits per heavy atom. The van der Waals surface area contributed by atoms with Gasteiger partial charge in [0.05, 0.1) is 28.7 Å². The summed E-state index contributed by atoms with van der Waals surface area (Å²) in [5.74, 6) is -1.10. The van der Waals surface area contributed by atoms with E-state index in [0.717, 1.165) is 4.47 Å². The van der Waals surface area contributed by atoms with Crippen molar-refractivity contribution in [2.75, 3.05) is 0 Å². The maximum Gasteiger partial charge on any atom is 0.307 e. The summed E-state index contributed by atoms with van der Waals surface area (Å²) in [6.07, 6.45) is 1.34. The summed E-state index contributed by atoms with van der Waals surface area (Å²) in [5, 5.41) is 0.645. The van der Waals surface area contributed by atoms with Crippen LogP contribution in [0.15, 0.2) is 52.0 Å². The number of aromatic nitrogens is 2. The van der Waals surface area contributed by atoms with Crippen LogP contribution in [0.25, 0.3) is 10.9 Å². The van der Waals surface area contributed by atoms with E-state index in [2.05, 4.69) is 20.9 Å². The van der Waals surface area contributed by atoms with Crippen molar-refractivity contribution in [2.45, 2.75) is 19.6 Å². The topological polar surface area (TPSA) is 61.2 Å². The highest BCUT2D eigenvalue weighted by atomic mass is 79.9. The second-order valence-corrected chi connectivity index (χ2v) is 6.84. The second-order valence-electron chi connectivity index (χ2n) is 5.52. The molecular weight excluding hydrogens is 427 g/mol. The second kappa shape index (κ2) is 7.97. The van der Waals surface area contributed by atoms with Crippen molar-refractivity contribution in [3.8, 4) is 0 Å². The number of carbonyl (C=O) groups is 1. The van der Waals surface area contributed by atoms with Gasteiger partial charge >= 0.3 is 5.97 Å². The largest absolute Gasteiger partial charge is 0.461 e. The fourth-order valence-electron chi connectivity index (χ4n) is 2.40. The van der Waals surface area contributed by atoms with Gasteiger partial charge in [0.1, 0.15) is 12.4 Å². The average Bonchev–Trinajstić information content (AvgIpc) is 2.61. The Bertz CT molecular complexity index is 1020. The lowest BCUT2D eigenvalue weighted by Crippen LogP contribution is -2.22. The number of carbonyl (C=O) groups excluding carboxylic acids is 1. The molecule has 3 rings (SSSR count). The minimum Gasteiger partial charge on any atom is -0.461 e. The average molecular weight is 440 g/mol. The molecule has 0 aliphatic rings. The molecule has 1 aromatic heterocycles. The van der Waals surface area contributed by atoms with Crippen LogP contribution in [-0.2, 0) is 22.7 Å². The van der Waals surface area contributed by atoms with Gasteiger partial charge in [-0.05, 0) is 30.3 Å². The lowest BCUT2D eigenvalue weighted by molar-refractivity contribution is -0.145. The minimum absolute atomic E-state index is 0.0484. The first-order valence-electron chi connectivity index (χ1n) is 7.69. The number of nitrogens with zero attached hydrogens (tertiary/aromatic N) is 2. The number of benzene rings is 2. The van der Waals surface area contributed by atoms with E-state index in [0.29, 0.717) is 10.9 Å². The van der Waals surface area contributed by atoms with Crippen LogP contribution in [0.3, 0.4) is 0 Å². The summed E-state index contributed by atoms with van der Waals surface area (Å²) in [7, 11) is 0. The van der Waals surface area contributed by atoms with E-state index in [1.807, 2.05) is 0 Å². The highest BCUT2D eigenvalue weighted by Crippen LogP contribution is 2.20. The molecule has 0 amide bonds. The van der Waals surface area contributed by atoms with E-state index in [1.165, 1.54) is 29.1 Å². The number of rotatable bonds is 5. The Morgan fingerprint density at radius 2 is 2.12 bits per heavy atom. The van der Waals surface area contributed by atoms with Gasteiger partial charge in [0.2, 0.25) is 0 Å². The van der Waals surface area contributed by atoms with E-state index in [1.54, 1.807) is 18.2 Å². The summed E-state index contributed by atoms with van der Waals surface area (Å²) in [6, 6.07) is 9.45. The number of aryl methyl sites for hydroxylation is 1. The normalized spacial score (nSPS) is 10.9. The molecular formula is C18H13BrClFN2O3. The maximum absolute atomic E-state index is 13.7. The van der Waals surface area contributed by atoms with Gasteiger partial charge in [-0.15, -0.1) is 0 Å². The van der Waals surface area contributed by atoms with Crippen LogP contribution in [0.1, 0.15) is 12.0 Å². The molecule has 1 heterocycles. The summed E-state index contributed by atoms with van der Waals surface area (Å²) in [4.78, 5) is 28.6. The zero-order valence-corrected chi connectivity index (χ0v) is 15.8. The monoisotopic (exact) mass is 438 g/mol. The van der Waals surface area contributed by atoms with Crippen molar-refractivity contribution in [2.24, 2.45) is 0 Å². The Morgan fingerprint density at radius 1 is 1.31 bits per heavy atom. The first-order chi connectivity index (χ1) is 12.5. The molecule has 0 aliphatic heterocycles. The van der Waals surface area contributed by atoms with Gasteiger partial charge in [-0.25, -0.2) is 9.37 Å². The van der Waals surface area contributed by atoms with E-state index in [4.69, 9.17) is 16.3 Å². The fraction of sp³-hybridized carbons (Fsp3) is 0.167. The van der Waals surface area contributed by atoms with Crippen molar-refractivity contribution in [3.63, 3.8) is 0 Å². The Labute approximate surface area is 161 Å². The molecule has 0 saturated heterocycles. The fourth-order valence-corrected chi connectivity index (χ4v) is 2.98. The van der Waals surface area contributed by atoms with Crippen LogP contribution in [0.4, 0.5) is 4.39 Å². The standard InChI is InChI=1S/C18H13BrClFN2O3/c19-11-4-5-16-12(8-11)18(25)23(10-22-16)7-6-17(24)26-9-13-14(20)2-1-3-15(13)21/h1-5,8,10H,6-7,9H2. The summed E-state index contributed by atoms with van der Waals surface area (Å²) < 4.78 is 20.8. The van der Waals surface area contributed by atoms with E-state index in [9.17, 15) is 14.0 Å².